The molecule has 8 nitrogen and oxygen atoms in total. The van der Waals surface area contributed by atoms with Crippen LogP contribution in [0.5, 0.6) is 0 Å². The van der Waals surface area contributed by atoms with Crippen molar-refractivity contribution in [2.75, 3.05) is 13.2 Å². The van der Waals surface area contributed by atoms with E-state index in [0.29, 0.717) is 20.5 Å². The van der Waals surface area contributed by atoms with E-state index in [9.17, 15) is 40.7 Å². The number of alkyl carbamates (subject to hydrolysis) is 1. The molecule has 2 aromatic carbocycles. The van der Waals surface area contributed by atoms with E-state index in [1.165, 1.54) is 30.3 Å². The maximum Gasteiger partial charge on any atom is 0.416 e. The third-order valence-electron chi connectivity index (χ3n) is 5.63. The fraction of sp³-hybridized carbons (Fsp3) is 0.308. The quantitative estimate of drug-likeness (QED) is 0.291. The molecule has 3 rings (SSSR count). The Labute approximate surface area is 234 Å². The predicted octanol–water partition coefficient (Wildman–Crippen LogP) is 5.91. The van der Waals surface area contributed by atoms with Crippen LogP contribution in [0.1, 0.15) is 30.4 Å². The van der Waals surface area contributed by atoms with Crippen LogP contribution >= 0.6 is 11.6 Å². The molecule has 1 aromatic heterocycles. The summed E-state index contributed by atoms with van der Waals surface area (Å²) >= 11 is 5.86. The molecule has 1 unspecified atom stereocenters. The monoisotopic (exact) mass is 604 g/mol. The van der Waals surface area contributed by atoms with Crippen LogP contribution in [0.25, 0.3) is 17.6 Å². The predicted molar refractivity (Wildman–Crippen MR) is 137 cm³/mol. The van der Waals surface area contributed by atoms with Crippen LogP contribution in [0.15, 0.2) is 59.4 Å². The molecule has 0 bridgehead atoms. The summed E-state index contributed by atoms with van der Waals surface area (Å²) in [7, 11) is 0. The van der Waals surface area contributed by atoms with Crippen LogP contribution in [-0.2, 0) is 22.3 Å². The molecule has 3 aromatic rings. The Hall–Kier alpha value is -4.07. The van der Waals surface area contributed by atoms with Gasteiger partial charge in [-0.25, -0.2) is 18.8 Å². The zero-order valence-electron chi connectivity index (χ0n) is 21.3. The van der Waals surface area contributed by atoms with Crippen molar-refractivity contribution in [3.8, 4) is 11.4 Å². The van der Waals surface area contributed by atoms with Gasteiger partial charge in [0.25, 0.3) is 0 Å². The summed E-state index contributed by atoms with van der Waals surface area (Å²) in [5, 5.41) is 6.63. The molecule has 0 aliphatic heterocycles. The van der Waals surface area contributed by atoms with E-state index in [2.05, 4.69) is 10.4 Å². The topological polar surface area (TPSA) is 95.2 Å². The van der Waals surface area contributed by atoms with E-state index in [1.807, 2.05) is 0 Å². The first-order chi connectivity index (χ1) is 19.2. The highest BCUT2D eigenvalue weighted by Crippen LogP contribution is 2.36. The lowest BCUT2D eigenvalue weighted by molar-refractivity contribution is -0.138. The number of ketones is 1. The number of amides is 1. The van der Waals surface area contributed by atoms with E-state index < -0.39 is 61.0 Å². The van der Waals surface area contributed by atoms with Gasteiger partial charge in [-0.3, -0.25) is 4.79 Å². The standard InChI is InChI=1S/C26H23ClF6N4O4/c1-2-34-23(39)41-15-17(20-5-3-4-6-21(20)26(31,32)33)13-19(38)14-37-24(40)36(12-11-25(28,29)30)22(35-37)16-7-9-18(27)10-8-16/h3-12,17H,2,13-15H2,1H3,(H,34,39)/b12-11+. The Kier molecular flexibility index (Phi) is 10.0. The largest absolute Gasteiger partial charge is 0.449 e. The lowest BCUT2D eigenvalue weighted by Gasteiger charge is -2.21. The minimum atomic E-state index is -4.78. The number of allylic oxidation sites excluding steroid dienone is 1. The SMILES string of the molecule is CCNC(=O)OCC(CC(=O)Cn1nc(-c2ccc(Cl)cc2)n(/C=C/C(F)(F)F)c1=O)c1ccccc1C(F)(F)F. The van der Waals surface area contributed by atoms with Crippen molar-refractivity contribution in [1.82, 2.24) is 19.7 Å². The molecule has 0 aliphatic carbocycles. The van der Waals surface area contributed by atoms with Crippen molar-refractivity contribution in [3.05, 3.63) is 81.2 Å². The molecular weight excluding hydrogens is 582 g/mol. The minimum Gasteiger partial charge on any atom is -0.449 e. The Bertz CT molecular complexity index is 1460. The average Bonchev–Trinajstić information content (AvgIpc) is 3.19. The third-order valence-corrected chi connectivity index (χ3v) is 5.88. The van der Waals surface area contributed by atoms with E-state index in [0.717, 1.165) is 18.2 Å². The van der Waals surface area contributed by atoms with Crippen molar-refractivity contribution in [1.29, 1.82) is 0 Å². The van der Waals surface area contributed by atoms with Crippen molar-refractivity contribution in [3.63, 3.8) is 0 Å². The number of nitrogens with zero attached hydrogens (tertiary/aromatic N) is 3. The van der Waals surface area contributed by atoms with Crippen LogP contribution < -0.4 is 11.0 Å². The number of nitrogens with one attached hydrogen (secondary N) is 1. The summed E-state index contributed by atoms with van der Waals surface area (Å²) in [6, 6.07) is 10.1. The van der Waals surface area contributed by atoms with Crippen LogP contribution in [0, 0.1) is 0 Å². The van der Waals surface area contributed by atoms with E-state index in [1.54, 1.807) is 6.92 Å². The van der Waals surface area contributed by atoms with Gasteiger partial charge in [-0.15, -0.1) is 5.10 Å². The zero-order chi connectivity index (χ0) is 30.4. The normalized spacial score (nSPS) is 12.9. The molecular formula is C26H23ClF6N4O4. The van der Waals surface area contributed by atoms with E-state index >= 15 is 0 Å². The van der Waals surface area contributed by atoms with Gasteiger partial charge in [0.2, 0.25) is 0 Å². The molecule has 0 saturated carbocycles. The molecule has 1 N–H and O–H groups in total. The molecule has 0 radical (unpaired) electrons. The Balaban J connectivity index is 1.96. The van der Waals surface area contributed by atoms with Gasteiger partial charge in [0.1, 0.15) is 13.2 Å². The highest BCUT2D eigenvalue weighted by Gasteiger charge is 2.36. The Morgan fingerprint density at radius 3 is 2.34 bits per heavy atom. The highest BCUT2D eigenvalue weighted by atomic mass is 35.5. The molecule has 1 heterocycles. The van der Waals surface area contributed by atoms with Crippen LogP contribution in [-0.4, -0.2) is 45.6 Å². The first-order valence-corrected chi connectivity index (χ1v) is 12.4. The second-order valence-electron chi connectivity index (χ2n) is 8.65. The van der Waals surface area contributed by atoms with Gasteiger partial charge in [-0.1, -0.05) is 29.8 Å². The second kappa shape index (κ2) is 13.1. The first kappa shape index (κ1) is 31.5. The Morgan fingerprint density at radius 2 is 1.73 bits per heavy atom. The average molecular weight is 605 g/mol. The molecule has 41 heavy (non-hydrogen) atoms. The molecule has 220 valence electrons. The summed E-state index contributed by atoms with van der Waals surface area (Å²) in [6.45, 7) is 0.405. The van der Waals surface area contributed by atoms with Gasteiger partial charge >= 0.3 is 24.1 Å². The molecule has 0 fully saturated rings. The Morgan fingerprint density at radius 1 is 1.07 bits per heavy atom. The van der Waals surface area contributed by atoms with Gasteiger partial charge in [0.15, 0.2) is 11.6 Å². The van der Waals surface area contributed by atoms with Crippen molar-refractivity contribution < 1.29 is 40.7 Å². The number of alkyl halides is 6. The number of Topliss-reactive ketones (excluding diaryl/α,β-unsaturated/α-hetero) is 1. The number of rotatable bonds is 10. The van der Waals surface area contributed by atoms with Crippen molar-refractivity contribution >= 4 is 29.7 Å². The van der Waals surface area contributed by atoms with Crippen LogP contribution in [0.4, 0.5) is 31.1 Å². The molecule has 1 amide bonds. The number of hydrogen-bond donors (Lipinski definition) is 1. The number of benzene rings is 2. The molecule has 15 heteroatoms. The second-order valence-corrected chi connectivity index (χ2v) is 9.09. The molecule has 0 spiro atoms. The summed E-state index contributed by atoms with van der Waals surface area (Å²) in [4.78, 5) is 37.8. The molecule has 0 aliphatic rings. The number of carbonyl (C=O) groups is 2. The maximum atomic E-state index is 13.7. The molecule has 0 saturated heterocycles. The number of hydrogen-bond acceptors (Lipinski definition) is 5. The van der Waals surface area contributed by atoms with Gasteiger partial charge in [-0.2, -0.15) is 26.3 Å². The van der Waals surface area contributed by atoms with Crippen molar-refractivity contribution in [2.24, 2.45) is 0 Å². The van der Waals surface area contributed by atoms with Crippen LogP contribution in [0.3, 0.4) is 0 Å². The lowest BCUT2D eigenvalue weighted by Crippen LogP contribution is -2.29. The van der Waals surface area contributed by atoms with Gasteiger partial charge < -0.3 is 10.1 Å². The number of halogens is 7. The zero-order valence-corrected chi connectivity index (χ0v) is 22.1. The molecule has 1 atom stereocenters. The maximum absolute atomic E-state index is 13.7. The minimum absolute atomic E-state index is 0.186. The van der Waals surface area contributed by atoms with Crippen molar-refractivity contribution in [2.45, 2.75) is 38.2 Å². The lowest BCUT2D eigenvalue weighted by atomic mass is 9.90. The first-order valence-electron chi connectivity index (χ1n) is 12.0. The summed E-state index contributed by atoms with van der Waals surface area (Å²) < 4.78 is 85.9. The van der Waals surface area contributed by atoms with E-state index in [-0.39, 0.29) is 29.6 Å². The number of aromatic nitrogens is 3. The smallest absolute Gasteiger partial charge is 0.416 e. The highest BCUT2D eigenvalue weighted by molar-refractivity contribution is 6.30. The summed E-state index contributed by atoms with van der Waals surface area (Å²) in [5.41, 5.74) is -2.25. The van der Waals surface area contributed by atoms with Crippen LogP contribution in [0.2, 0.25) is 5.02 Å². The van der Waals surface area contributed by atoms with Gasteiger partial charge in [-0.05, 0) is 42.8 Å². The third kappa shape index (κ3) is 8.71. The van der Waals surface area contributed by atoms with E-state index in [4.69, 9.17) is 16.3 Å². The van der Waals surface area contributed by atoms with Gasteiger partial charge in [0, 0.05) is 41.7 Å². The number of ether oxygens (including phenoxy) is 1. The summed E-state index contributed by atoms with van der Waals surface area (Å²) in [5.74, 6) is -2.29. The fourth-order valence-electron chi connectivity index (χ4n) is 3.86. The number of carbonyl (C=O) groups excluding carboxylic acids is 2. The summed E-state index contributed by atoms with van der Waals surface area (Å²) in [6.07, 6.45) is -10.8. The fourth-order valence-corrected chi connectivity index (χ4v) is 3.99. The van der Waals surface area contributed by atoms with Gasteiger partial charge in [0.05, 0.1) is 5.56 Å².